The van der Waals surface area contributed by atoms with E-state index in [9.17, 15) is 0 Å². The Morgan fingerprint density at radius 2 is 1.38 bits per heavy atom. The van der Waals surface area contributed by atoms with Crippen molar-refractivity contribution >= 4 is 18.3 Å². The van der Waals surface area contributed by atoms with Gasteiger partial charge >= 0.3 is 0 Å². The lowest BCUT2D eigenvalue weighted by Crippen LogP contribution is -2.16. The van der Waals surface area contributed by atoms with Crippen LogP contribution in [0, 0.1) is 0 Å². The first-order valence-electron chi connectivity index (χ1n) is 8.68. The van der Waals surface area contributed by atoms with Crippen molar-refractivity contribution in [2.75, 3.05) is 6.66 Å². The van der Waals surface area contributed by atoms with E-state index in [0.29, 0.717) is 0 Å². The van der Waals surface area contributed by atoms with Crippen molar-refractivity contribution in [3.63, 3.8) is 0 Å². The number of benzene rings is 2. The smallest absolute Gasteiger partial charge is 0.186 e. The first-order valence-corrected chi connectivity index (χ1v) is 11.8. The second kappa shape index (κ2) is 8.40. The Hall–Kier alpha value is -0.990. The molecule has 0 radical (unpaired) electrons. The molecule has 3 rings (SSSR count). The van der Waals surface area contributed by atoms with Crippen LogP contribution in [0.1, 0.15) is 49.3 Å². The second-order valence-electron chi connectivity index (χ2n) is 6.44. The Bertz CT molecular complexity index is 629. The summed E-state index contributed by atoms with van der Waals surface area (Å²) in [6.07, 6.45) is 6.09. The molecule has 0 aromatic heterocycles. The summed E-state index contributed by atoms with van der Waals surface area (Å²) in [6.45, 7) is -0.347. The molecule has 2 aromatic rings. The Labute approximate surface area is 150 Å². The van der Waals surface area contributed by atoms with Gasteiger partial charge in [-0.1, -0.05) is 79.9 Å². The average molecular weight is 360 g/mol. The summed E-state index contributed by atoms with van der Waals surface area (Å²) in [5.74, 6) is 0. The highest BCUT2D eigenvalue weighted by molar-refractivity contribution is 8.09. The van der Waals surface area contributed by atoms with E-state index >= 15 is 0 Å². The van der Waals surface area contributed by atoms with Gasteiger partial charge in [0.2, 0.25) is 0 Å². The lowest BCUT2D eigenvalue weighted by molar-refractivity contribution is 0.129. The van der Waals surface area contributed by atoms with Gasteiger partial charge in [-0.15, -0.1) is 0 Å². The fraction of sp³-hybridized carbons (Fsp3) is 0.400. The maximum atomic E-state index is 6.42. The van der Waals surface area contributed by atoms with Crippen molar-refractivity contribution in [3.05, 3.63) is 71.8 Å². The summed E-state index contributed by atoms with van der Waals surface area (Å²) in [5, 5.41) is 0. The van der Waals surface area contributed by atoms with Crippen molar-refractivity contribution in [3.8, 4) is 0 Å². The molecule has 2 aromatic carbocycles. The molecule has 1 saturated carbocycles. The van der Waals surface area contributed by atoms with E-state index in [1.165, 1.54) is 19.3 Å². The van der Waals surface area contributed by atoms with Crippen molar-refractivity contribution in [1.29, 1.82) is 0 Å². The molecule has 1 atom stereocenters. The van der Waals surface area contributed by atoms with Crippen LogP contribution < -0.4 is 0 Å². The van der Waals surface area contributed by atoms with E-state index in [-0.39, 0.29) is 12.2 Å². The van der Waals surface area contributed by atoms with Gasteiger partial charge < -0.3 is 9.05 Å². The Kier molecular flexibility index (Phi) is 6.24. The Balaban J connectivity index is 1.79. The summed E-state index contributed by atoms with van der Waals surface area (Å²) in [7, 11) is 0. The van der Waals surface area contributed by atoms with Crippen LogP contribution in [0.4, 0.5) is 0 Å². The SMILES string of the molecule is CP(=S)(OC1CCCCC1)OC(c1ccccc1)c1ccccc1. The zero-order valence-electron chi connectivity index (χ0n) is 14.1. The summed E-state index contributed by atoms with van der Waals surface area (Å²) in [5.41, 5.74) is 2.24. The Morgan fingerprint density at radius 3 is 1.88 bits per heavy atom. The normalized spacial score (nSPS) is 18.4. The van der Waals surface area contributed by atoms with Crippen LogP contribution in [-0.2, 0) is 20.9 Å². The minimum absolute atomic E-state index is 0.174. The van der Waals surface area contributed by atoms with Crippen molar-refractivity contribution in [1.82, 2.24) is 0 Å². The molecule has 2 nitrogen and oxygen atoms in total. The molecule has 0 heterocycles. The quantitative estimate of drug-likeness (QED) is 0.582. The molecule has 0 saturated heterocycles. The zero-order chi connectivity index (χ0) is 16.8. The van der Waals surface area contributed by atoms with Gasteiger partial charge in [0.1, 0.15) is 6.10 Å². The van der Waals surface area contributed by atoms with Gasteiger partial charge in [-0.05, 0) is 35.8 Å². The van der Waals surface area contributed by atoms with Gasteiger partial charge in [0.25, 0.3) is 0 Å². The van der Waals surface area contributed by atoms with Crippen LogP contribution in [0.2, 0.25) is 0 Å². The minimum atomic E-state index is -2.31. The maximum absolute atomic E-state index is 6.42. The molecule has 1 unspecified atom stereocenters. The van der Waals surface area contributed by atoms with E-state index in [1.807, 2.05) is 43.1 Å². The fourth-order valence-electron chi connectivity index (χ4n) is 3.23. The largest absolute Gasteiger partial charge is 0.326 e. The molecule has 1 fully saturated rings. The predicted molar refractivity (Wildman–Crippen MR) is 104 cm³/mol. The molecule has 0 aliphatic heterocycles. The van der Waals surface area contributed by atoms with E-state index in [0.717, 1.165) is 24.0 Å². The number of hydrogen-bond acceptors (Lipinski definition) is 3. The lowest BCUT2D eigenvalue weighted by atomic mass is 9.98. The highest BCUT2D eigenvalue weighted by atomic mass is 32.5. The third-order valence-corrected chi connectivity index (χ3v) is 6.19. The van der Waals surface area contributed by atoms with E-state index < -0.39 is 6.49 Å². The average Bonchev–Trinajstić information content (AvgIpc) is 2.62. The molecule has 4 heteroatoms. The van der Waals surface area contributed by atoms with Crippen LogP contribution in [0.25, 0.3) is 0 Å². The van der Waals surface area contributed by atoms with E-state index in [4.69, 9.17) is 20.9 Å². The number of hydrogen-bond donors (Lipinski definition) is 0. The van der Waals surface area contributed by atoms with Crippen LogP contribution in [0.3, 0.4) is 0 Å². The molecular weight excluding hydrogens is 335 g/mol. The molecule has 0 N–H and O–H groups in total. The monoisotopic (exact) mass is 360 g/mol. The first-order chi connectivity index (χ1) is 11.6. The van der Waals surface area contributed by atoms with Gasteiger partial charge in [-0.2, -0.15) is 0 Å². The number of rotatable bonds is 6. The third kappa shape index (κ3) is 5.00. The second-order valence-corrected chi connectivity index (χ2v) is 10.4. The van der Waals surface area contributed by atoms with Crippen LogP contribution in [0.15, 0.2) is 60.7 Å². The summed E-state index contributed by atoms with van der Waals surface area (Å²) >= 11 is 5.77. The summed E-state index contributed by atoms with van der Waals surface area (Å²) in [6, 6.07) is 20.6. The van der Waals surface area contributed by atoms with Crippen LogP contribution >= 0.6 is 6.49 Å². The van der Waals surface area contributed by atoms with Gasteiger partial charge in [0.05, 0.1) is 6.10 Å². The molecule has 24 heavy (non-hydrogen) atoms. The third-order valence-electron chi connectivity index (χ3n) is 4.39. The molecule has 0 amide bonds. The highest BCUT2D eigenvalue weighted by Gasteiger charge is 2.26. The van der Waals surface area contributed by atoms with Crippen molar-refractivity contribution in [2.24, 2.45) is 0 Å². The van der Waals surface area contributed by atoms with E-state index in [1.54, 1.807) is 0 Å². The van der Waals surface area contributed by atoms with Gasteiger partial charge in [-0.25, -0.2) is 0 Å². The van der Waals surface area contributed by atoms with E-state index in [2.05, 4.69) is 24.3 Å². The first kappa shape index (κ1) is 17.8. The zero-order valence-corrected chi connectivity index (χ0v) is 15.8. The maximum Gasteiger partial charge on any atom is 0.186 e. The van der Waals surface area contributed by atoms with Crippen molar-refractivity contribution < 1.29 is 9.05 Å². The van der Waals surface area contributed by atoms with Crippen LogP contribution in [-0.4, -0.2) is 12.8 Å². The fourth-order valence-corrected chi connectivity index (χ4v) is 5.28. The van der Waals surface area contributed by atoms with Gasteiger partial charge in [0.15, 0.2) is 6.49 Å². The van der Waals surface area contributed by atoms with Gasteiger partial charge in [0, 0.05) is 6.66 Å². The molecule has 128 valence electrons. The minimum Gasteiger partial charge on any atom is -0.326 e. The molecule has 1 aliphatic carbocycles. The van der Waals surface area contributed by atoms with Gasteiger partial charge in [-0.3, -0.25) is 0 Å². The lowest BCUT2D eigenvalue weighted by Gasteiger charge is -2.31. The highest BCUT2D eigenvalue weighted by Crippen LogP contribution is 2.52. The molecule has 0 spiro atoms. The topological polar surface area (TPSA) is 18.5 Å². The standard InChI is InChI=1S/C20H25O2PS/c1-23(24,21-19-15-9-4-10-16-19)22-20(17-11-5-2-6-12-17)18-13-7-3-8-14-18/h2-3,5-8,11-14,19-20H,4,9-10,15-16H2,1H3. The van der Waals surface area contributed by atoms with Crippen molar-refractivity contribution in [2.45, 2.75) is 44.3 Å². The Morgan fingerprint density at radius 1 is 0.875 bits per heavy atom. The molecule has 0 bridgehead atoms. The predicted octanol–water partition coefficient (Wildman–Crippen LogP) is 6.08. The summed E-state index contributed by atoms with van der Waals surface area (Å²) in [4.78, 5) is 0. The molecular formula is C20H25O2PS. The summed E-state index contributed by atoms with van der Waals surface area (Å²) < 4.78 is 12.7. The van der Waals surface area contributed by atoms with Crippen LogP contribution in [0.5, 0.6) is 0 Å². The molecule has 1 aliphatic rings.